The summed E-state index contributed by atoms with van der Waals surface area (Å²) in [4.78, 5) is 8.35. The summed E-state index contributed by atoms with van der Waals surface area (Å²) in [6.45, 7) is 3.80. The number of rotatable bonds is 1. The molecule has 1 aromatic heterocycles. The van der Waals surface area contributed by atoms with Crippen LogP contribution < -0.4 is 0 Å². The molecule has 0 unspecified atom stereocenters. The summed E-state index contributed by atoms with van der Waals surface area (Å²) >= 11 is 0. The van der Waals surface area contributed by atoms with Gasteiger partial charge < -0.3 is 0 Å². The third-order valence-electron chi connectivity index (χ3n) is 1.39. The molecule has 0 saturated carbocycles. The van der Waals surface area contributed by atoms with Gasteiger partial charge in [0.05, 0.1) is 0 Å². The number of aryl methyl sites for hydroxylation is 2. The number of hydrogen-bond acceptors (Lipinski definition) is 3. The molecule has 0 bridgehead atoms. The molecule has 0 radical (unpaired) electrons. The molecule has 13 heavy (non-hydrogen) atoms. The smallest absolute Gasteiger partial charge is 0.160 e. The maximum Gasteiger partial charge on any atom is 0.160 e. The highest BCUT2D eigenvalue weighted by molar-refractivity contribution is 8.00. The van der Waals surface area contributed by atoms with E-state index in [0.29, 0.717) is 5.82 Å². The fraction of sp³-hybridized carbons (Fsp3) is 0.444. The number of aromatic nitrogens is 2. The van der Waals surface area contributed by atoms with E-state index in [0.717, 1.165) is 11.4 Å². The van der Waals surface area contributed by atoms with Crippen LogP contribution in [-0.4, -0.2) is 32.1 Å². The van der Waals surface area contributed by atoms with Crippen LogP contribution in [0.2, 0.25) is 0 Å². The number of hydrogen-bond donors (Lipinski definition) is 0. The van der Waals surface area contributed by atoms with Crippen molar-refractivity contribution >= 4 is 14.9 Å². The Bertz CT molecular complexity index is 403. The van der Waals surface area contributed by atoms with Gasteiger partial charge in [0.2, 0.25) is 0 Å². The molecule has 0 aliphatic rings. The lowest BCUT2D eigenvalue weighted by molar-refractivity contribution is 0.688. The largest absolute Gasteiger partial charge is 0.268 e. The molecule has 0 aliphatic heterocycles. The van der Waals surface area contributed by atoms with Crippen molar-refractivity contribution in [1.82, 2.24) is 9.97 Å². The second-order valence-corrected chi connectivity index (χ2v) is 6.29. The van der Waals surface area contributed by atoms with Crippen LogP contribution >= 0.6 is 0 Å². The normalized spacial score (nSPS) is 11.4. The van der Waals surface area contributed by atoms with Gasteiger partial charge in [-0.3, -0.25) is 4.21 Å². The van der Waals surface area contributed by atoms with Gasteiger partial charge in [0.25, 0.3) is 0 Å². The molecule has 0 amide bonds. The zero-order valence-corrected chi connectivity index (χ0v) is 9.18. The van der Waals surface area contributed by atoms with Crippen LogP contribution in [0.5, 0.6) is 0 Å². The lowest BCUT2D eigenvalue weighted by atomic mass is 10.3. The second-order valence-electron chi connectivity index (χ2n) is 3.44. The molecule has 72 valence electrons. The van der Waals surface area contributed by atoms with E-state index in [1.807, 2.05) is 19.9 Å². The lowest BCUT2D eigenvalue weighted by Gasteiger charge is -1.99. The zero-order valence-electron chi connectivity index (χ0n) is 8.37. The molecular formula is C9H14N2OS. The summed E-state index contributed by atoms with van der Waals surface area (Å²) in [5, 5.41) is 1.62. The van der Waals surface area contributed by atoms with Crippen molar-refractivity contribution in [2.75, 3.05) is 12.5 Å². The van der Waals surface area contributed by atoms with Crippen LogP contribution in [-0.2, 0) is 9.52 Å². The third-order valence-corrected chi connectivity index (χ3v) is 2.17. The summed E-state index contributed by atoms with van der Waals surface area (Å²) in [5.74, 6) is 0.563. The Balaban J connectivity index is 3.25. The van der Waals surface area contributed by atoms with E-state index < -0.39 is 9.52 Å². The summed E-state index contributed by atoms with van der Waals surface area (Å²) in [5.41, 5.74) is 1.81. The Labute approximate surface area is 79.2 Å². The maximum atomic E-state index is 11.4. The van der Waals surface area contributed by atoms with E-state index in [1.54, 1.807) is 17.9 Å². The minimum absolute atomic E-state index is 0.563. The van der Waals surface area contributed by atoms with Gasteiger partial charge in [0.15, 0.2) is 5.82 Å². The molecule has 1 aromatic rings. The Morgan fingerprint density at radius 2 is 1.69 bits per heavy atom. The molecule has 0 saturated heterocycles. The quantitative estimate of drug-likeness (QED) is 0.626. The van der Waals surface area contributed by atoms with Crippen molar-refractivity contribution in [3.8, 4) is 0 Å². The van der Waals surface area contributed by atoms with Crippen molar-refractivity contribution in [3.05, 3.63) is 23.3 Å². The van der Waals surface area contributed by atoms with Gasteiger partial charge in [-0.25, -0.2) is 9.97 Å². The first-order valence-electron chi connectivity index (χ1n) is 3.98. The molecule has 0 aromatic carbocycles. The van der Waals surface area contributed by atoms with Crippen molar-refractivity contribution < 1.29 is 4.21 Å². The van der Waals surface area contributed by atoms with Gasteiger partial charge >= 0.3 is 0 Å². The minimum atomic E-state index is -1.91. The van der Waals surface area contributed by atoms with Crippen LogP contribution in [0, 0.1) is 13.8 Å². The highest BCUT2D eigenvalue weighted by atomic mass is 32.2. The first-order valence-corrected chi connectivity index (χ1v) is 6.42. The average Bonchev–Trinajstić information content (AvgIpc) is 1.78. The first kappa shape index (κ1) is 10.2. The predicted molar refractivity (Wildman–Crippen MR) is 56.7 cm³/mol. The molecule has 0 N–H and O–H groups in total. The van der Waals surface area contributed by atoms with Crippen LogP contribution in [0.1, 0.15) is 17.2 Å². The topological polar surface area (TPSA) is 42.9 Å². The van der Waals surface area contributed by atoms with Crippen LogP contribution in [0.25, 0.3) is 0 Å². The van der Waals surface area contributed by atoms with Crippen LogP contribution in [0.4, 0.5) is 0 Å². The van der Waals surface area contributed by atoms with Gasteiger partial charge in [-0.15, -0.1) is 0 Å². The van der Waals surface area contributed by atoms with Gasteiger partial charge in [0, 0.05) is 29.3 Å². The molecular weight excluding hydrogens is 184 g/mol. The van der Waals surface area contributed by atoms with E-state index in [2.05, 4.69) is 9.97 Å². The maximum absolute atomic E-state index is 11.4. The van der Waals surface area contributed by atoms with Gasteiger partial charge in [-0.2, -0.15) is 0 Å². The zero-order chi connectivity index (χ0) is 10.1. The molecule has 0 atom stereocenters. The summed E-state index contributed by atoms with van der Waals surface area (Å²) in [6, 6.07) is 1.89. The minimum Gasteiger partial charge on any atom is -0.268 e. The fourth-order valence-electron chi connectivity index (χ4n) is 1.06. The van der Waals surface area contributed by atoms with Crippen molar-refractivity contribution in [1.29, 1.82) is 0 Å². The highest BCUT2D eigenvalue weighted by Crippen LogP contribution is 1.97. The first-order chi connectivity index (χ1) is 5.87. The molecule has 0 aliphatic carbocycles. The Hall–Kier alpha value is -0.900. The Morgan fingerprint density at radius 1 is 1.23 bits per heavy atom. The highest BCUT2D eigenvalue weighted by Gasteiger charge is 1.97. The molecule has 0 spiro atoms. The molecule has 4 heteroatoms. The monoisotopic (exact) mass is 198 g/mol. The third kappa shape index (κ3) is 3.55. The Morgan fingerprint density at radius 3 is 2.08 bits per heavy atom. The fourth-order valence-corrected chi connectivity index (χ4v) is 1.67. The SMILES string of the molecule is Cc1cc(C)nc(C=S(C)(C)=O)n1. The van der Waals surface area contributed by atoms with Crippen LogP contribution in [0.3, 0.4) is 0 Å². The van der Waals surface area contributed by atoms with E-state index in [9.17, 15) is 4.21 Å². The summed E-state index contributed by atoms with van der Waals surface area (Å²) < 4.78 is 11.4. The number of nitrogens with zero attached hydrogens (tertiary/aromatic N) is 2. The molecule has 1 rings (SSSR count). The predicted octanol–water partition coefficient (Wildman–Crippen LogP) is 0.788. The van der Waals surface area contributed by atoms with Crippen molar-refractivity contribution in [3.63, 3.8) is 0 Å². The van der Waals surface area contributed by atoms with E-state index in [4.69, 9.17) is 0 Å². The second kappa shape index (κ2) is 3.46. The standard InChI is InChI=1S/C9H14N2OS/c1-7-5-8(2)11-9(10-7)6-13(3,4)12/h5-6H,1-4H3. The summed E-state index contributed by atoms with van der Waals surface area (Å²) in [6.07, 6.45) is 3.35. The van der Waals surface area contributed by atoms with Crippen molar-refractivity contribution in [2.45, 2.75) is 13.8 Å². The molecule has 3 nitrogen and oxygen atoms in total. The summed E-state index contributed by atoms with van der Waals surface area (Å²) in [7, 11) is -1.91. The van der Waals surface area contributed by atoms with Gasteiger partial charge in [-0.1, -0.05) is 0 Å². The van der Waals surface area contributed by atoms with Crippen LogP contribution in [0.15, 0.2) is 6.07 Å². The molecule has 0 fully saturated rings. The van der Waals surface area contributed by atoms with E-state index >= 15 is 0 Å². The van der Waals surface area contributed by atoms with E-state index in [-0.39, 0.29) is 0 Å². The van der Waals surface area contributed by atoms with Gasteiger partial charge in [0.1, 0.15) is 0 Å². The average molecular weight is 198 g/mol. The van der Waals surface area contributed by atoms with Crippen molar-refractivity contribution in [2.24, 2.45) is 0 Å². The van der Waals surface area contributed by atoms with E-state index in [1.165, 1.54) is 0 Å². The van der Waals surface area contributed by atoms with Gasteiger partial charge in [-0.05, 0) is 29.4 Å². The Kier molecular flexibility index (Phi) is 2.71. The lowest BCUT2D eigenvalue weighted by Crippen LogP contribution is -2.04. The molecule has 1 heterocycles.